The molecular formula is C8H15NO3. The van der Waals surface area contributed by atoms with Crippen molar-refractivity contribution in [3.05, 3.63) is 0 Å². The Balaban J connectivity index is 0.000000720. The molecule has 4 heteroatoms. The fourth-order valence-electron chi connectivity index (χ4n) is 2.34. The zero-order chi connectivity index (χ0) is 8.06. The summed E-state index contributed by atoms with van der Waals surface area (Å²) in [4.78, 5) is 10.9. The second-order valence-corrected chi connectivity index (χ2v) is 3.71. The van der Waals surface area contributed by atoms with Crippen molar-refractivity contribution in [2.45, 2.75) is 25.8 Å². The number of fused-ring (bicyclic) bond motifs is 1. The Kier molecular flexibility index (Phi) is 2.14. The van der Waals surface area contributed by atoms with Gasteiger partial charge in [-0.15, -0.1) is 0 Å². The van der Waals surface area contributed by atoms with E-state index in [1.165, 1.54) is 0 Å². The van der Waals surface area contributed by atoms with Crippen LogP contribution in [0.5, 0.6) is 0 Å². The van der Waals surface area contributed by atoms with Gasteiger partial charge in [-0.05, 0) is 32.2 Å². The van der Waals surface area contributed by atoms with Crippen LogP contribution in [0.4, 0.5) is 0 Å². The van der Waals surface area contributed by atoms with E-state index < -0.39 is 11.4 Å². The number of rotatable bonds is 1. The summed E-state index contributed by atoms with van der Waals surface area (Å²) in [7, 11) is 0. The van der Waals surface area contributed by atoms with Gasteiger partial charge in [0.05, 0.1) is 5.41 Å². The second-order valence-electron chi connectivity index (χ2n) is 3.71. The van der Waals surface area contributed by atoms with Crippen molar-refractivity contribution in [3.8, 4) is 0 Å². The molecule has 12 heavy (non-hydrogen) atoms. The second kappa shape index (κ2) is 2.71. The smallest absolute Gasteiger partial charge is 0.311 e. The van der Waals surface area contributed by atoms with E-state index in [0.29, 0.717) is 5.92 Å². The number of carboxylic acid groups (broad SMARTS) is 1. The number of nitrogens with one attached hydrogen (secondary N) is 1. The van der Waals surface area contributed by atoms with Gasteiger partial charge in [0, 0.05) is 6.04 Å². The third kappa shape index (κ3) is 0.949. The molecule has 0 aromatic heterocycles. The Labute approximate surface area is 71.3 Å². The summed E-state index contributed by atoms with van der Waals surface area (Å²) in [5.41, 5.74) is -0.391. The van der Waals surface area contributed by atoms with Crippen molar-refractivity contribution in [2.24, 2.45) is 11.3 Å². The number of aliphatic carboxylic acids is 1. The zero-order valence-corrected chi connectivity index (χ0v) is 7.13. The first-order valence-corrected chi connectivity index (χ1v) is 4.14. The molecule has 2 aliphatic rings. The third-order valence-corrected chi connectivity index (χ3v) is 3.27. The van der Waals surface area contributed by atoms with Gasteiger partial charge in [0.15, 0.2) is 0 Å². The van der Waals surface area contributed by atoms with Gasteiger partial charge in [-0.2, -0.15) is 0 Å². The van der Waals surface area contributed by atoms with Crippen molar-refractivity contribution >= 4 is 5.97 Å². The largest absolute Gasteiger partial charge is 0.481 e. The molecule has 2 fully saturated rings. The lowest BCUT2D eigenvalue weighted by atomic mass is 9.91. The van der Waals surface area contributed by atoms with Gasteiger partial charge < -0.3 is 15.9 Å². The van der Waals surface area contributed by atoms with Gasteiger partial charge in [-0.1, -0.05) is 0 Å². The normalized spacial score (nSPS) is 44.1. The van der Waals surface area contributed by atoms with Gasteiger partial charge in [-0.3, -0.25) is 4.79 Å². The number of hydrogen-bond donors (Lipinski definition) is 2. The molecule has 1 saturated carbocycles. The minimum absolute atomic E-state index is 0. The number of hydrogen-bond acceptors (Lipinski definition) is 2. The maximum absolute atomic E-state index is 10.9. The van der Waals surface area contributed by atoms with Crippen molar-refractivity contribution < 1.29 is 15.4 Å². The van der Waals surface area contributed by atoms with Crippen molar-refractivity contribution in [3.63, 3.8) is 0 Å². The first-order chi connectivity index (χ1) is 5.18. The van der Waals surface area contributed by atoms with Crippen LogP contribution in [-0.4, -0.2) is 29.1 Å². The lowest BCUT2D eigenvalue weighted by molar-refractivity contribution is -0.145. The molecule has 0 spiro atoms. The molecular weight excluding hydrogens is 158 g/mol. The van der Waals surface area contributed by atoms with Crippen LogP contribution in [0.1, 0.15) is 19.8 Å². The third-order valence-electron chi connectivity index (χ3n) is 3.27. The van der Waals surface area contributed by atoms with Crippen LogP contribution < -0.4 is 5.32 Å². The van der Waals surface area contributed by atoms with E-state index in [1.54, 1.807) is 0 Å². The molecule has 0 radical (unpaired) electrons. The summed E-state index contributed by atoms with van der Waals surface area (Å²) >= 11 is 0. The van der Waals surface area contributed by atoms with Crippen LogP contribution in [0.15, 0.2) is 0 Å². The highest BCUT2D eigenvalue weighted by atomic mass is 16.4. The molecule has 2 rings (SSSR count). The maximum Gasteiger partial charge on any atom is 0.311 e. The lowest BCUT2D eigenvalue weighted by Gasteiger charge is -2.26. The number of piperidine rings is 1. The van der Waals surface area contributed by atoms with Crippen LogP contribution in [-0.2, 0) is 4.79 Å². The molecule has 3 atom stereocenters. The summed E-state index contributed by atoms with van der Waals surface area (Å²) in [5.74, 6) is -0.154. The average Bonchev–Trinajstić information content (AvgIpc) is 2.64. The molecule has 3 unspecified atom stereocenters. The molecule has 1 aliphatic heterocycles. The predicted octanol–water partition coefficient (Wildman–Crippen LogP) is -0.366. The fourth-order valence-corrected chi connectivity index (χ4v) is 2.34. The van der Waals surface area contributed by atoms with Crippen LogP contribution >= 0.6 is 0 Å². The monoisotopic (exact) mass is 173 g/mol. The Hall–Kier alpha value is -0.610. The van der Waals surface area contributed by atoms with Crippen molar-refractivity contribution in [2.75, 3.05) is 6.54 Å². The van der Waals surface area contributed by atoms with Crippen LogP contribution in [0.3, 0.4) is 0 Å². The summed E-state index contributed by atoms with van der Waals surface area (Å²) in [6.45, 7) is 2.97. The Bertz CT molecular complexity index is 206. The van der Waals surface area contributed by atoms with Crippen LogP contribution in [0, 0.1) is 11.3 Å². The highest BCUT2D eigenvalue weighted by molar-refractivity contribution is 5.80. The van der Waals surface area contributed by atoms with Gasteiger partial charge in [0.1, 0.15) is 0 Å². The van der Waals surface area contributed by atoms with Gasteiger partial charge in [0.2, 0.25) is 0 Å². The predicted molar refractivity (Wildman–Crippen MR) is 43.9 cm³/mol. The van der Waals surface area contributed by atoms with Gasteiger partial charge in [0.25, 0.3) is 0 Å². The minimum Gasteiger partial charge on any atom is -0.481 e. The number of carbonyl (C=O) groups is 1. The van der Waals surface area contributed by atoms with E-state index in [-0.39, 0.29) is 11.5 Å². The quantitative estimate of drug-likeness (QED) is 0.568. The van der Waals surface area contributed by atoms with Crippen LogP contribution in [0.2, 0.25) is 0 Å². The molecule has 0 amide bonds. The topological polar surface area (TPSA) is 80.8 Å². The molecule has 1 aliphatic carbocycles. The van der Waals surface area contributed by atoms with E-state index in [4.69, 9.17) is 5.11 Å². The molecule has 1 saturated heterocycles. The summed E-state index contributed by atoms with van der Waals surface area (Å²) in [6, 6.07) is 0.166. The number of carboxylic acids is 1. The molecule has 0 aromatic rings. The zero-order valence-electron chi connectivity index (χ0n) is 7.13. The molecule has 0 bridgehead atoms. The lowest BCUT2D eigenvalue weighted by Crippen LogP contribution is -2.44. The first kappa shape index (κ1) is 9.48. The highest BCUT2D eigenvalue weighted by Gasteiger charge is 2.64. The first-order valence-electron chi connectivity index (χ1n) is 4.14. The SMILES string of the molecule is CC1NCCC2CC21C(=O)O.O. The summed E-state index contributed by atoms with van der Waals surface area (Å²) in [5, 5.41) is 12.2. The molecule has 0 aromatic carbocycles. The maximum atomic E-state index is 10.9. The minimum atomic E-state index is -0.609. The van der Waals surface area contributed by atoms with E-state index >= 15 is 0 Å². The highest BCUT2D eigenvalue weighted by Crippen LogP contribution is 2.58. The average molecular weight is 173 g/mol. The summed E-state index contributed by atoms with van der Waals surface area (Å²) < 4.78 is 0. The Morgan fingerprint density at radius 2 is 2.33 bits per heavy atom. The molecule has 4 N–H and O–H groups in total. The van der Waals surface area contributed by atoms with Crippen molar-refractivity contribution in [1.29, 1.82) is 0 Å². The molecule has 70 valence electrons. The van der Waals surface area contributed by atoms with E-state index in [1.807, 2.05) is 6.92 Å². The van der Waals surface area contributed by atoms with E-state index in [9.17, 15) is 4.79 Å². The van der Waals surface area contributed by atoms with Gasteiger partial charge >= 0.3 is 5.97 Å². The molecule has 1 heterocycles. The fraction of sp³-hybridized carbons (Fsp3) is 0.875. The van der Waals surface area contributed by atoms with Crippen LogP contribution in [0.25, 0.3) is 0 Å². The van der Waals surface area contributed by atoms with Gasteiger partial charge in [-0.25, -0.2) is 0 Å². The Morgan fingerprint density at radius 1 is 1.67 bits per heavy atom. The van der Waals surface area contributed by atoms with E-state index in [2.05, 4.69) is 5.32 Å². The van der Waals surface area contributed by atoms with Crippen molar-refractivity contribution in [1.82, 2.24) is 5.32 Å². The Morgan fingerprint density at radius 3 is 2.75 bits per heavy atom. The standard InChI is InChI=1S/C8H13NO2.H2O/c1-5-8(7(10)11)4-6(8)2-3-9-5;/h5-6,9H,2-4H2,1H3,(H,10,11);1H2. The molecule has 4 nitrogen and oxygen atoms in total. The summed E-state index contributed by atoms with van der Waals surface area (Å²) in [6.07, 6.45) is 1.92. The van der Waals surface area contributed by atoms with E-state index in [0.717, 1.165) is 19.4 Å².